The molecule has 80 valence electrons. The predicted octanol–water partition coefficient (Wildman–Crippen LogP) is 2.63. The van der Waals surface area contributed by atoms with Gasteiger partial charge >= 0.3 is 0 Å². The van der Waals surface area contributed by atoms with Crippen LogP contribution in [0.4, 0.5) is 0 Å². The van der Waals surface area contributed by atoms with Crippen LogP contribution in [-0.4, -0.2) is 16.8 Å². The number of hydrogen-bond donors (Lipinski definition) is 0. The molecule has 1 amide bonds. The number of carbonyl (C=O) groups excluding carboxylic acids is 1. The number of fused-ring (bicyclic) bond motifs is 1. The van der Waals surface area contributed by atoms with Crippen LogP contribution in [0.1, 0.15) is 25.0 Å². The molecular formula is C12H14ClNO. The second-order valence-electron chi connectivity index (χ2n) is 4.17. The number of amides is 1. The van der Waals surface area contributed by atoms with Crippen molar-refractivity contribution in [2.24, 2.45) is 0 Å². The van der Waals surface area contributed by atoms with Crippen molar-refractivity contribution in [1.29, 1.82) is 0 Å². The molecule has 2 rings (SSSR count). The Labute approximate surface area is 94.8 Å². The van der Waals surface area contributed by atoms with Gasteiger partial charge in [0.2, 0.25) is 5.91 Å². The summed E-state index contributed by atoms with van der Waals surface area (Å²) >= 11 is 6.12. The van der Waals surface area contributed by atoms with E-state index in [0.29, 0.717) is 13.0 Å². The molecule has 1 aromatic rings. The van der Waals surface area contributed by atoms with Crippen LogP contribution in [0.2, 0.25) is 5.02 Å². The van der Waals surface area contributed by atoms with Crippen LogP contribution in [0.5, 0.6) is 0 Å². The van der Waals surface area contributed by atoms with Crippen molar-refractivity contribution in [3.63, 3.8) is 0 Å². The molecule has 0 atom stereocenters. The van der Waals surface area contributed by atoms with Gasteiger partial charge in [-0.2, -0.15) is 0 Å². The normalized spacial score (nSPS) is 15.7. The quantitative estimate of drug-likeness (QED) is 0.717. The first-order chi connectivity index (χ1) is 7.09. The average Bonchev–Trinajstić information content (AvgIpc) is 2.16. The first kappa shape index (κ1) is 10.5. The van der Waals surface area contributed by atoms with E-state index in [1.807, 2.05) is 36.9 Å². The van der Waals surface area contributed by atoms with Crippen molar-refractivity contribution in [1.82, 2.24) is 4.90 Å². The van der Waals surface area contributed by atoms with Crippen molar-refractivity contribution in [2.45, 2.75) is 32.9 Å². The van der Waals surface area contributed by atoms with Crippen LogP contribution in [-0.2, 0) is 17.8 Å². The van der Waals surface area contributed by atoms with Gasteiger partial charge in [0.05, 0.1) is 6.42 Å². The molecule has 0 fully saturated rings. The van der Waals surface area contributed by atoms with Crippen molar-refractivity contribution in [2.75, 3.05) is 0 Å². The average molecular weight is 224 g/mol. The van der Waals surface area contributed by atoms with Crippen LogP contribution < -0.4 is 0 Å². The van der Waals surface area contributed by atoms with Gasteiger partial charge in [-0.25, -0.2) is 0 Å². The molecule has 0 aliphatic carbocycles. The summed E-state index contributed by atoms with van der Waals surface area (Å²) in [6.07, 6.45) is 0.480. The summed E-state index contributed by atoms with van der Waals surface area (Å²) < 4.78 is 0. The lowest BCUT2D eigenvalue weighted by Gasteiger charge is -2.32. The molecule has 0 saturated heterocycles. The number of halogens is 1. The largest absolute Gasteiger partial charge is 0.336 e. The second-order valence-corrected chi connectivity index (χ2v) is 4.58. The maximum atomic E-state index is 11.8. The number of benzene rings is 1. The summed E-state index contributed by atoms with van der Waals surface area (Å²) in [5, 5.41) is 0.769. The third-order valence-corrected chi connectivity index (χ3v) is 3.18. The summed E-state index contributed by atoms with van der Waals surface area (Å²) in [6, 6.07) is 6.01. The van der Waals surface area contributed by atoms with E-state index in [0.717, 1.165) is 16.1 Å². The van der Waals surface area contributed by atoms with E-state index in [4.69, 9.17) is 11.6 Å². The molecule has 0 saturated carbocycles. The Morgan fingerprint density at radius 3 is 2.80 bits per heavy atom. The fourth-order valence-corrected chi connectivity index (χ4v) is 2.19. The van der Waals surface area contributed by atoms with Gasteiger partial charge in [-0.05, 0) is 31.0 Å². The van der Waals surface area contributed by atoms with Crippen LogP contribution in [0, 0.1) is 0 Å². The fourth-order valence-electron chi connectivity index (χ4n) is 1.94. The van der Waals surface area contributed by atoms with Crippen LogP contribution in [0.15, 0.2) is 18.2 Å². The molecular weight excluding hydrogens is 210 g/mol. The zero-order valence-corrected chi connectivity index (χ0v) is 9.71. The molecule has 0 N–H and O–H groups in total. The number of rotatable bonds is 1. The predicted molar refractivity (Wildman–Crippen MR) is 60.8 cm³/mol. The maximum Gasteiger partial charge on any atom is 0.227 e. The Bertz CT molecular complexity index is 401. The van der Waals surface area contributed by atoms with Gasteiger partial charge < -0.3 is 4.90 Å². The molecule has 1 aliphatic heterocycles. The van der Waals surface area contributed by atoms with Crippen molar-refractivity contribution >= 4 is 17.5 Å². The molecule has 0 spiro atoms. The molecule has 0 radical (unpaired) electrons. The summed E-state index contributed by atoms with van der Waals surface area (Å²) in [6.45, 7) is 4.70. The van der Waals surface area contributed by atoms with E-state index in [9.17, 15) is 4.79 Å². The molecule has 0 unspecified atom stereocenters. The topological polar surface area (TPSA) is 20.3 Å². The van der Waals surface area contributed by atoms with E-state index in [1.54, 1.807) is 0 Å². The number of nitrogens with zero attached hydrogens (tertiary/aromatic N) is 1. The van der Waals surface area contributed by atoms with E-state index >= 15 is 0 Å². The summed E-state index contributed by atoms with van der Waals surface area (Å²) in [4.78, 5) is 13.7. The highest BCUT2D eigenvalue weighted by atomic mass is 35.5. The van der Waals surface area contributed by atoms with Crippen LogP contribution in [0.3, 0.4) is 0 Å². The van der Waals surface area contributed by atoms with Gasteiger partial charge in [0.1, 0.15) is 0 Å². The van der Waals surface area contributed by atoms with Crippen molar-refractivity contribution < 1.29 is 4.79 Å². The van der Waals surface area contributed by atoms with Crippen molar-refractivity contribution in [3.8, 4) is 0 Å². The highest BCUT2D eigenvalue weighted by Crippen LogP contribution is 2.27. The molecule has 1 aromatic carbocycles. The SMILES string of the molecule is CC(C)N1Cc2c(Cl)cccc2CC1=O. The third-order valence-electron chi connectivity index (χ3n) is 2.83. The fraction of sp³-hybridized carbons (Fsp3) is 0.417. The van der Waals surface area contributed by atoms with E-state index in [2.05, 4.69) is 0 Å². The highest BCUT2D eigenvalue weighted by molar-refractivity contribution is 6.31. The zero-order valence-electron chi connectivity index (χ0n) is 8.96. The van der Waals surface area contributed by atoms with Gasteiger partial charge in [-0.3, -0.25) is 4.79 Å². The highest BCUT2D eigenvalue weighted by Gasteiger charge is 2.25. The number of hydrogen-bond acceptors (Lipinski definition) is 1. The lowest BCUT2D eigenvalue weighted by atomic mass is 9.98. The Hall–Kier alpha value is -1.02. The van der Waals surface area contributed by atoms with Gasteiger partial charge in [0.25, 0.3) is 0 Å². The van der Waals surface area contributed by atoms with Crippen molar-refractivity contribution in [3.05, 3.63) is 34.3 Å². The first-order valence-electron chi connectivity index (χ1n) is 5.15. The van der Waals surface area contributed by atoms with E-state index < -0.39 is 0 Å². The Balaban J connectivity index is 2.39. The lowest BCUT2D eigenvalue weighted by Crippen LogP contribution is -2.40. The first-order valence-corrected chi connectivity index (χ1v) is 5.53. The summed E-state index contributed by atoms with van der Waals surface area (Å²) in [7, 11) is 0. The van der Waals surface area contributed by atoms with Crippen LogP contribution in [0.25, 0.3) is 0 Å². The number of carbonyl (C=O) groups is 1. The van der Waals surface area contributed by atoms with E-state index in [-0.39, 0.29) is 11.9 Å². The Morgan fingerprint density at radius 1 is 1.40 bits per heavy atom. The second kappa shape index (κ2) is 3.86. The van der Waals surface area contributed by atoms with E-state index in [1.165, 1.54) is 0 Å². The minimum absolute atomic E-state index is 0.194. The Morgan fingerprint density at radius 2 is 2.13 bits per heavy atom. The smallest absolute Gasteiger partial charge is 0.227 e. The van der Waals surface area contributed by atoms with Gasteiger partial charge in [-0.15, -0.1) is 0 Å². The van der Waals surface area contributed by atoms with Gasteiger partial charge in [0.15, 0.2) is 0 Å². The molecule has 3 heteroatoms. The monoisotopic (exact) mass is 223 g/mol. The molecule has 15 heavy (non-hydrogen) atoms. The minimum Gasteiger partial charge on any atom is -0.336 e. The molecule has 0 bridgehead atoms. The summed E-state index contributed by atoms with van der Waals surface area (Å²) in [5.74, 6) is 0.194. The van der Waals surface area contributed by atoms with Gasteiger partial charge in [-0.1, -0.05) is 23.7 Å². The Kier molecular flexibility index (Phi) is 2.70. The minimum atomic E-state index is 0.194. The zero-order chi connectivity index (χ0) is 11.0. The third kappa shape index (κ3) is 1.86. The molecule has 1 heterocycles. The molecule has 1 aliphatic rings. The van der Waals surface area contributed by atoms with Crippen LogP contribution >= 0.6 is 11.6 Å². The summed E-state index contributed by atoms with van der Waals surface area (Å²) in [5.41, 5.74) is 2.18. The lowest BCUT2D eigenvalue weighted by molar-refractivity contribution is -0.133. The molecule has 2 nitrogen and oxygen atoms in total. The standard InChI is InChI=1S/C12H14ClNO/c1-8(2)14-7-10-9(6-12(14)15)4-3-5-11(10)13/h3-5,8H,6-7H2,1-2H3. The maximum absolute atomic E-state index is 11.8. The van der Waals surface area contributed by atoms with Gasteiger partial charge in [0, 0.05) is 17.6 Å². The molecule has 0 aromatic heterocycles.